The van der Waals surface area contributed by atoms with Crippen molar-refractivity contribution in [2.45, 2.75) is 12.5 Å². The van der Waals surface area contributed by atoms with Crippen molar-refractivity contribution in [2.75, 3.05) is 6.54 Å². The van der Waals surface area contributed by atoms with Gasteiger partial charge in [-0.25, -0.2) is 0 Å². The highest BCUT2D eigenvalue weighted by atomic mass is 15.0. The molecule has 0 spiro atoms. The number of rotatable bonds is 2. The summed E-state index contributed by atoms with van der Waals surface area (Å²) in [5.74, 6) is 0. The molecule has 2 nitrogen and oxygen atoms in total. The molecule has 0 aliphatic carbocycles. The van der Waals surface area contributed by atoms with E-state index in [-0.39, 0.29) is 0 Å². The minimum absolute atomic E-state index is 0.588. The molecule has 0 aromatic carbocycles. The third-order valence-electron chi connectivity index (χ3n) is 2.07. The summed E-state index contributed by atoms with van der Waals surface area (Å²) in [7, 11) is 0. The summed E-state index contributed by atoms with van der Waals surface area (Å²) in [4.78, 5) is 4.03. The minimum Gasteiger partial charge on any atom is -0.310 e. The summed E-state index contributed by atoms with van der Waals surface area (Å²) in [6, 6.07) is 4.60. The SMILES string of the molecule is C(=C\C1CCN1)/c1cccnc1. The lowest BCUT2D eigenvalue weighted by Crippen LogP contribution is -2.40. The van der Waals surface area contributed by atoms with Crippen molar-refractivity contribution in [3.05, 3.63) is 36.2 Å². The van der Waals surface area contributed by atoms with E-state index in [0.717, 1.165) is 6.54 Å². The Morgan fingerprint density at radius 1 is 1.58 bits per heavy atom. The fourth-order valence-electron chi connectivity index (χ4n) is 1.18. The predicted octanol–water partition coefficient (Wildman–Crippen LogP) is 1.46. The average molecular weight is 160 g/mol. The molecule has 1 N–H and O–H groups in total. The average Bonchev–Trinajstić information content (AvgIpc) is 2.04. The Morgan fingerprint density at radius 2 is 2.50 bits per heavy atom. The van der Waals surface area contributed by atoms with Crippen LogP contribution in [0.4, 0.5) is 0 Å². The third kappa shape index (κ3) is 1.71. The lowest BCUT2D eigenvalue weighted by molar-refractivity contribution is 0.438. The van der Waals surface area contributed by atoms with Gasteiger partial charge in [0.05, 0.1) is 0 Å². The van der Waals surface area contributed by atoms with Crippen molar-refractivity contribution in [1.82, 2.24) is 10.3 Å². The molecule has 2 heteroatoms. The smallest absolute Gasteiger partial charge is 0.0340 e. The van der Waals surface area contributed by atoms with Crippen LogP contribution in [-0.4, -0.2) is 17.6 Å². The molecule has 12 heavy (non-hydrogen) atoms. The van der Waals surface area contributed by atoms with Gasteiger partial charge < -0.3 is 5.32 Å². The van der Waals surface area contributed by atoms with Gasteiger partial charge in [0, 0.05) is 18.4 Å². The predicted molar refractivity (Wildman–Crippen MR) is 49.7 cm³/mol. The maximum Gasteiger partial charge on any atom is 0.0340 e. The van der Waals surface area contributed by atoms with E-state index in [4.69, 9.17) is 0 Å². The van der Waals surface area contributed by atoms with E-state index in [2.05, 4.69) is 28.5 Å². The van der Waals surface area contributed by atoms with Gasteiger partial charge in [-0.3, -0.25) is 4.98 Å². The molecule has 1 aliphatic rings. The normalized spacial score (nSPS) is 22.5. The molecule has 0 saturated carbocycles. The van der Waals surface area contributed by atoms with Crippen LogP contribution in [0.1, 0.15) is 12.0 Å². The second-order valence-corrected chi connectivity index (χ2v) is 2.99. The van der Waals surface area contributed by atoms with E-state index < -0.39 is 0 Å². The van der Waals surface area contributed by atoms with Gasteiger partial charge in [0.25, 0.3) is 0 Å². The van der Waals surface area contributed by atoms with Crippen LogP contribution >= 0.6 is 0 Å². The molecule has 1 aromatic heterocycles. The molecule has 1 aromatic rings. The van der Waals surface area contributed by atoms with E-state index in [1.165, 1.54) is 12.0 Å². The van der Waals surface area contributed by atoms with Gasteiger partial charge >= 0.3 is 0 Å². The van der Waals surface area contributed by atoms with Crippen molar-refractivity contribution in [2.24, 2.45) is 0 Å². The summed E-state index contributed by atoms with van der Waals surface area (Å²) in [6.45, 7) is 1.15. The molecule has 1 saturated heterocycles. The van der Waals surface area contributed by atoms with Gasteiger partial charge in [-0.05, 0) is 24.6 Å². The second-order valence-electron chi connectivity index (χ2n) is 2.99. The van der Waals surface area contributed by atoms with Crippen molar-refractivity contribution >= 4 is 6.08 Å². The minimum atomic E-state index is 0.588. The van der Waals surface area contributed by atoms with Crippen LogP contribution < -0.4 is 5.32 Å². The van der Waals surface area contributed by atoms with Crippen molar-refractivity contribution in [1.29, 1.82) is 0 Å². The summed E-state index contributed by atoms with van der Waals surface area (Å²) in [6.07, 6.45) is 9.23. The van der Waals surface area contributed by atoms with Gasteiger partial charge in [-0.15, -0.1) is 0 Å². The van der Waals surface area contributed by atoms with Gasteiger partial charge in [0.1, 0.15) is 0 Å². The molecular weight excluding hydrogens is 148 g/mol. The Kier molecular flexibility index (Phi) is 2.19. The topological polar surface area (TPSA) is 24.9 Å². The number of hydrogen-bond acceptors (Lipinski definition) is 2. The largest absolute Gasteiger partial charge is 0.310 e. The zero-order chi connectivity index (χ0) is 8.23. The fourth-order valence-corrected chi connectivity index (χ4v) is 1.18. The standard InChI is InChI=1S/C10H12N2/c1-2-9(8-11-6-1)3-4-10-5-7-12-10/h1-4,6,8,10,12H,5,7H2/b4-3+. The van der Waals surface area contributed by atoms with Gasteiger partial charge in [-0.1, -0.05) is 18.2 Å². The summed E-state index contributed by atoms with van der Waals surface area (Å²) in [5, 5.41) is 3.31. The van der Waals surface area contributed by atoms with Gasteiger partial charge in [0.15, 0.2) is 0 Å². The van der Waals surface area contributed by atoms with E-state index >= 15 is 0 Å². The number of hydrogen-bond donors (Lipinski definition) is 1. The molecule has 2 rings (SSSR count). The molecule has 1 fully saturated rings. The van der Waals surface area contributed by atoms with Crippen LogP contribution in [0.15, 0.2) is 30.6 Å². The third-order valence-corrected chi connectivity index (χ3v) is 2.07. The Bertz CT molecular complexity index is 262. The number of pyridine rings is 1. The van der Waals surface area contributed by atoms with E-state index in [1.54, 1.807) is 6.20 Å². The number of nitrogens with zero attached hydrogens (tertiary/aromatic N) is 1. The Balaban J connectivity index is 1.98. The maximum absolute atomic E-state index is 4.03. The van der Waals surface area contributed by atoms with Gasteiger partial charge in [0.2, 0.25) is 0 Å². The number of aromatic nitrogens is 1. The van der Waals surface area contributed by atoms with E-state index in [1.807, 2.05) is 12.3 Å². The van der Waals surface area contributed by atoms with Crippen molar-refractivity contribution in [3.63, 3.8) is 0 Å². The monoisotopic (exact) mass is 160 g/mol. The Morgan fingerprint density at radius 3 is 3.08 bits per heavy atom. The molecule has 1 atom stereocenters. The van der Waals surface area contributed by atoms with E-state index in [0.29, 0.717) is 6.04 Å². The molecule has 1 aliphatic heterocycles. The fraction of sp³-hybridized carbons (Fsp3) is 0.300. The second kappa shape index (κ2) is 3.50. The van der Waals surface area contributed by atoms with Crippen LogP contribution in [0.2, 0.25) is 0 Å². The molecule has 0 radical (unpaired) electrons. The van der Waals surface area contributed by atoms with Crippen LogP contribution in [0.5, 0.6) is 0 Å². The highest BCUT2D eigenvalue weighted by molar-refractivity contribution is 5.48. The highest BCUT2D eigenvalue weighted by Gasteiger charge is 2.11. The van der Waals surface area contributed by atoms with Crippen molar-refractivity contribution < 1.29 is 0 Å². The lowest BCUT2D eigenvalue weighted by atomic mass is 10.1. The first-order chi connectivity index (χ1) is 5.95. The molecule has 62 valence electrons. The molecule has 2 heterocycles. The van der Waals surface area contributed by atoms with E-state index in [9.17, 15) is 0 Å². The summed E-state index contributed by atoms with van der Waals surface area (Å²) >= 11 is 0. The molecular formula is C10H12N2. The van der Waals surface area contributed by atoms with Gasteiger partial charge in [-0.2, -0.15) is 0 Å². The first-order valence-electron chi connectivity index (χ1n) is 4.27. The zero-order valence-corrected chi connectivity index (χ0v) is 6.90. The zero-order valence-electron chi connectivity index (χ0n) is 6.90. The molecule has 0 amide bonds. The summed E-state index contributed by atoms with van der Waals surface area (Å²) < 4.78 is 0. The quantitative estimate of drug-likeness (QED) is 0.708. The lowest BCUT2D eigenvalue weighted by Gasteiger charge is -2.23. The first kappa shape index (κ1) is 7.50. The number of nitrogens with one attached hydrogen (secondary N) is 1. The van der Waals surface area contributed by atoms with Crippen LogP contribution in [0, 0.1) is 0 Å². The highest BCUT2D eigenvalue weighted by Crippen LogP contribution is 2.06. The van der Waals surface area contributed by atoms with Crippen LogP contribution in [0.3, 0.4) is 0 Å². The molecule has 0 bridgehead atoms. The first-order valence-corrected chi connectivity index (χ1v) is 4.27. The summed E-state index contributed by atoms with van der Waals surface area (Å²) in [5.41, 5.74) is 1.17. The van der Waals surface area contributed by atoms with Crippen molar-refractivity contribution in [3.8, 4) is 0 Å². The molecule has 1 unspecified atom stereocenters. The van der Waals surface area contributed by atoms with Crippen LogP contribution in [0.25, 0.3) is 6.08 Å². The maximum atomic E-state index is 4.03. The Labute approximate surface area is 72.3 Å². The Hall–Kier alpha value is -1.15. The van der Waals surface area contributed by atoms with Crippen LogP contribution in [-0.2, 0) is 0 Å².